The van der Waals surface area contributed by atoms with Gasteiger partial charge in [-0.3, -0.25) is 0 Å². The second-order valence-corrected chi connectivity index (χ2v) is 5.29. The maximum absolute atomic E-state index is 4.34. The van der Waals surface area contributed by atoms with Crippen LogP contribution in [0.5, 0.6) is 0 Å². The highest BCUT2D eigenvalue weighted by molar-refractivity contribution is 7.09. The average molecular weight is 238 g/mol. The lowest BCUT2D eigenvalue weighted by Crippen LogP contribution is -1.94. The first-order chi connectivity index (χ1) is 7.36. The molecule has 2 aromatic rings. The maximum Gasteiger partial charge on any atom is 0.0953 e. The van der Waals surface area contributed by atoms with Crippen LogP contribution in [0, 0.1) is 0 Å². The molecule has 0 bridgehead atoms. The van der Waals surface area contributed by atoms with Crippen molar-refractivity contribution >= 4 is 22.7 Å². The molecule has 80 valence electrons. The van der Waals surface area contributed by atoms with E-state index in [0.29, 0.717) is 5.92 Å². The lowest BCUT2D eigenvalue weighted by molar-refractivity contribution is 0.626. The van der Waals surface area contributed by atoms with Gasteiger partial charge in [-0.15, -0.1) is 22.7 Å². The van der Waals surface area contributed by atoms with Crippen molar-refractivity contribution in [2.45, 2.75) is 32.1 Å². The van der Waals surface area contributed by atoms with E-state index < -0.39 is 0 Å². The number of thiazole rings is 2. The van der Waals surface area contributed by atoms with Crippen LogP contribution in [0.25, 0.3) is 0 Å². The Morgan fingerprint density at radius 2 is 2.33 bits per heavy atom. The largest absolute Gasteiger partial charge is 0.250 e. The van der Waals surface area contributed by atoms with Crippen LogP contribution in [-0.2, 0) is 6.42 Å². The van der Waals surface area contributed by atoms with E-state index in [0.717, 1.165) is 6.42 Å². The molecule has 0 aliphatic rings. The molecule has 0 aliphatic heterocycles. The zero-order chi connectivity index (χ0) is 10.5. The molecule has 0 fully saturated rings. The lowest BCUT2D eigenvalue weighted by atomic mass is 10.0. The highest BCUT2D eigenvalue weighted by Gasteiger charge is 2.07. The first kappa shape index (κ1) is 10.8. The Hall–Kier alpha value is -0.740. The molecule has 0 spiro atoms. The third-order valence-electron chi connectivity index (χ3n) is 2.43. The average Bonchev–Trinajstić information content (AvgIpc) is 2.90. The zero-order valence-electron chi connectivity index (χ0n) is 8.72. The van der Waals surface area contributed by atoms with E-state index in [-0.39, 0.29) is 0 Å². The summed E-state index contributed by atoms with van der Waals surface area (Å²) in [5.74, 6) is 0.587. The van der Waals surface area contributed by atoms with Crippen LogP contribution in [0.1, 0.15) is 36.4 Å². The molecular formula is C11H14N2S2. The molecule has 0 radical (unpaired) electrons. The monoisotopic (exact) mass is 238 g/mol. The van der Waals surface area contributed by atoms with Gasteiger partial charge in [-0.2, -0.15) is 0 Å². The molecule has 0 saturated heterocycles. The number of hydrogen-bond acceptors (Lipinski definition) is 4. The molecule has 0 aliphatic carbocycles. The topological polar surface area (TPSA) is 25.8 Å². The molecule has 1 atom stereocenters. The van der Waals surface area contributed by atoms with Crippen molar-refractivity contribution in [1.82, 2.24) is 9.97 Å². The lowest BCUT2D eigenvalue weighted by Gasteiger charge is -2.06. The summed E-state index contributed by atoms with van der Waals surface area (Å²) < 4.78 is 0. The molecule has 0 saturated carbocycles. The van der Waals surface area contributed by atoms with Crippen molar-refractivity contribution < 1.29 is 0 Å². The van der Waals surface area contributed by atoms with Gasteiger partial charge >= 0.3 is 0 Å². The number of nitrogens with zero attached hydrogens (tertiary/aromatic N) is 2. The van der Waals surface area contributed by atoms with Crippen LogP contribution in [0.15, 0.2) is 22.5 Å². The first-order valence-corrected chi connectivity index (χ1v) is 6.95. The molecular weight excluding hydrogens is 224 g/mol. The fraction of sp³-hybridized carbons (Fsp3) is 0.455. The molecule has 2 rings (SSSR count). The van der Waals surface area contributed by atoms with E-state index in [2.05, 4.69) is 22.3 Å². The number of aromatic nitrogens is 2. The molecule has 2 heterocycles. The van der Waals surface area contributed by atoms with Crippen LogP contribution < -0.4 is 0 Å². The summed E-state index contributed by atoms with van der Waals surface area (Å²) in [4.78, 5) is 8.62. The van der Waals surface area contributed by atoms with E-state index in [4.69, 9.17) is 0 Å². The molecule has 0 amide bonds. The highest BCUT2D eigenvalue weighted by Crippen LogP contribution is 2.23. The van der Waals surface area contributed by atoms with E-state index in [1.54, 1.807) is 22.7 Å². The van der Waals surface area contributed by atoms with Gasteiger partial charge in [0.15, 0.2) is 0 Å². The predicted molar refractivity (Wildman–Crippen MR) is 65.6 cm³/mol. The third-order valence-corrected chi connectivity index (χ3v) is 4.07. The predicted octanol–water partition coefficient (Wildman–Crippen LogP) is 3.73. The van der Waals surface area contributed by atoms with Crippen LogP contribution in [-0.4, -0.2) is 9.97 Å². The smallest absolute Gasteiger partial charge is 0.0953 e. The third kappa shape index (κ3) is 3.11. The van der Waals surface area contributed by atoms with Crippen molar-refractivity contribution in [2.24, 2.45) is 0 Å². The van der Waals surface area contributed by atoms with Gasteiger partial charge in [0, 0.05) is 22.9 Å². The summed E-state index contributed by atoms with van der Waals surface area (Å²) in [5, 5.41) is 5.44. The van der Waals surface area contributed by atoms with Gasteiger partial charge in [-0.05, 0) is 19.3 Å². The van der Waals surface area contributed by atoms with Gasteiger partial charge in [0.05, 0.1) is 16.2 Å². The van der Waals surface area contributed by atoms with E-state index in [1.807, 2.05) is 17.1 Å². The summed E-state index contributed by atoms with van der Waals surface area (Å²) in [6.07, 6.45) is 5.38. The minimum atomic E-state index is 0.587. The van der Waals surface area contributed by atoms with Gasteiger partial charge in [-0.25, -0.2) is 9.97 Å². The number of hydrogen-bond donors (Lipinski definition) is 0. The van der Waals surface area contributed by atoms with Gasteiger partial charge in [0.1, 0.15) is 0 Å². The van der Waals surface area contributed by atoms with Gasteiger partial charge in [0.25, 0.3) is 0 Å². The summed E-state index contributed by atoms with van der Waals surface area (Å²) in [7, 11) is 0. The molecule has 4 heteroatoms. The van der Waals surface area contributed by atoms with E-state index >= 15 is 0 Å². The van der Waals surface area contributed by atoms with E-state index in [1.165, 1.54) is 23.5 Å². The molecule has 2 nitrogen and oxygen atoms in total. The standard InChI is InChI=1S/C11H14N2S2/c1-9(11-12-5-6-15-11)3-2-4-10-7-14-8-13-10/h5-9H,2-4H2,1H3. The Balaban J connectivity index is 1.74. The quantitative estimate of drug-likeness (QED) is 0.793. The Bertz CT molecular complexity index is 367. The van der Waals surface area contributed by atoms with Crippen molar-refractivity contribution in [1.29, 1.82) is 0 Å². The Kier molecular flexibility index (Phi) is 3.86. The summed E-state index contributed by atoms with van der Waals surface area (Å²) in [6.45, 7) is 2.25. The van der Waals surface area contributed by atoms with Crippen LogP contribution in [0.3, 0.4) is 0 Å². The Labute approximate surface area is 98.0 Å². The SMILES string of the molecule is CC(CCCc1cscn1)c1nccs1. The minimum Gasteiger partial charge on any atom is -0.250 e. The Morgan fingerprint density at radius 3 is 3.00 bits per heavy atom. The second-order valence-electron chi connectivity index (χ2n) is 3.64. The molecule has 1 unspecified atom stereocenters. The molecule has 0 aromatic carbocycles. The van der Waals surface area contributed by atoms with Gasteiger partial charge in [0.2, 0.25) is 0 Å². The fourth-order valence-electron chi connectivity index (χ4n) is 1.55. The maximum atomic E-state index is 4.34. The zero-order valence-corrected chi connectivity index (χ0v) is 10.4. The molecule has 0 N–H and O–H groups in total. The number of aryl methyl sites for hydroxylation is 1. The van der Waals surface area contributed by atoms with Crippen LogP contribution in [0.2, 0.25) is 0 Å². The second kappa shape index (κ2) is 5.37. The minimum absolute atomic E-state index is 0.587. The van der Waals surface area contributed by atoms with Crippen molar-refractivity contribution in [2.75, 3.05) is 0 Å². The number of rotatable bonds is 5. The van der Waals surface area contributed by atoms with Crippen molar-refractivity contribution in [3.63, 3.8) is 0 Å². The van der Waals surface area contributed by atoms with Crippen LogP contribution >= 0.6 is 22.7 Å². The van der Waals surface area contributed by atoms with Gasteiger partial charge in [-0.1, -0.05) is 6.92 Å². The van der Waals surface area contributed by atoms with Crippen molar-refractivity contribution in [3.05, 3.63) is 33.2 Å². The normalized spacial score (nSPS) is 12.9. The van der Waals surface area contributed by atoms with E-state index in [9.17, 15) is 0 Å². The summed E-state index contributed by atoms with van der Waals surface area (Å²) in [5.41, 5.74) is 3.13. The Morgan fingerprint density at radius 1 is 1.40 bits per heavy atom. The fourth-order valence-corrected chi connectivity index (χ4v) is 2.88. The summed E-state index contributed by atoms with van der Waals surface area (Å²) in [6, 6.07) is 0. The van der Waals surface area contributed by atoms with Gasteiger partial charge < -0.3 is 0 Å². The molecule has 15 heavy (non-hydrogen) atoms. The van der Waals surface area contributed by atoms with Crippen LogP contribution in [0.4, 0.5) is 0 Å². The molecule has 2 aromatic heterocycles. The van der Waals surface area contributed by atoms with Crippen molar-refractivity contribution in [3.8, 4) is 0 Å². The highest BCUT2D eigenvalue weighted by atomic mass is 32.1. The first-order valence-electron chi connectivity index (χ1n) is 5.12. The summed E-state index contributed by atoms with van der Waals surface area (Å²) >= 11 is 3.43.